The van der Waals surface area contributed by atoms with Gasteiger partial charge in [0.05, 0.1) is 18.4 Å². The third-order valence-electron chi connectivity index (χ3n) is 5.63. The zero-order valence-corrected chi connectivity index (χ0v) is 16.3. The first kappa shape index (κ1) is 18.3. The van der Waals surface area contributed by atoms with Crippen LogP contribution in [0.3, 0.4) is 0 Å². The van der Waals surface area contributed by atoms with Gasteiger partial charge in [-0.2, -0.15) is 0 Å². The molecule has 146 valence electrons. The highest BCUT2D eigenvalue weighted by atomic mass is 16.5. The van der Waals surface area contributed by atoms with Crippen LogP contribution in [-0.2, 0) is 0 Å². The van der Waals surface area contributed by atoms with Gasteiger partial charge in [0.25, 0.3) is 11.8 Å². The van der Waals surface area contributed by atoms with Crippen molar-refractivity contribution in [3.8, 4) is 5.75 Å². The Labute approximate surface area is 165 Å². The molecule has 2 aromatic carbocycles. The Bertz CT molecular complexity index is 912. The van der Waals surface area contributed by atoms with Gasteiger partial charge < -0.3 is 19.9 Å². The number of methoxy groups -OCH3 is 1. The maximum Gasteiger partial charge on any atom is 0.257 e. The standard InChI is InChI=1S/C22H25N3O3/c1-24-19-13-15(21(26)23-16-7-6-8-17(14-16)28-2)10-11-18(19)22(27)25-12-5-3-4-9-20(24)25/h6-8,10-11,13-14,20H,3-5,9,12H2,1-2H3,(H,23,26)/t20-/m1/s1. The molecule has 0 aromatic heterocycles. The van der Waals surface area contributed by atoms with Crippen molar-refractivity contribution in [2.45, 2.75) is 31.8 Å². The minimum absolute atomic E-state index is 0.0687. The second-order valence-electron chi connectivity index (χ2n) is 7.36. The molecule has 2 heterocycles. The number of nitrogens with one attached hydrogen (secondary N) is 1. The Kier molecular flexibility index (Phi) is 4.94. The van der Waals surface area contributed by atoms with Crippen LogP contribution < -0.4 is 15.0 Å². The minimum atomic E-state index is -0.208. The maximum absolute atomic E-state index is 13.0. The number of amides is 2. The zero-order chi connectivity index (χ0) is 19.7. The Morgan fingerprint density at radius 2 is 2.00 bits per heavy atom. The number of rotatable bonds is 3. The molecule has 6 nitrogen and oxygen atoms in total. The predicted molar refractivity (Wildman–Crippen MR) is 109 cm³/mol. The van der Waals surface area contributed by atoms with Crippen LogP contribution in [0.1, 0.15) is 46.4 Å². The van der Waals surface area contributed by atoms with E-state index in [2.05, 4.69) is 10.2 Å². The number of hydrogen-bond acceptors (Lipinski definition) is 4. The van der Waals surface area contributed by atoms with E-state index in [9.17, 15) is 9.59 Å². The van der Waals surface area contributed by atoms with Gasteiger partial charge in [0, 0.05) is 30.9 Å². The highest BCUT2D eigenvalue weighted by Gasteiger charge is 2.36. The highest BCUT2D eigenvalue weighted by Crippen LogP contribution is 2.34. The molecule has 2 aliphatic rings. The van der Waals surface area contributed by atoms with Gasteiger partial charge in [0.1, 0.15) is 11.9 Å². The van der Waals surface area contributed by atoms with E-state index in [0.29, 0.717) is 22.6 Å². The molecule has 6 heteroatoms. The van der Waals surface area contributed by atoms with Crippen LogP contribution in [0.4, 0.5) is 11.4 Å². The number of carbonyl (C=O) groups is 2. The van der Waals surface area contributed by atoms with Crippen LogP contribution in [0.2, 0.25) is 0 Å². The van der Waals surface area contributed by atoms with Gasteiger partial charge in [-0.25, -0.2) is 0 Å². The van der Waals surface area contributed by atoms with E-state index in [4.69, 9.17) is 4.74 Å². The summed E-state index contributed by atoms with van der Waals surface area (Å²) in [6.07, 6.45) is 4.34. The first-order valence-corrected chi connectivity index (χ1v) is 9.72. The fourth-order valence-electron chi connectivity index (χ4n) is 4.10. The number of hydrogen-bond donors (Lipinski definition) is 1. The summed E-state index contributed by atoms with van der Waals surface area (Å²) in [6.45, 7) is 0.797. The van der Waals surface area contributed by atoms with Gasteiger partial charge in [-0.15, -0.1) is 0 Å². The Morgan fingerprint density at radius 1 is 1.14 bits per heavy atom. The van der Waals surface area contributed by atoms with Crippen LogP contribution in [0.25, 0.3) is 0 Å². The average Bonchev–Trinajstić information content (AvgIpc) is 2.98. The summed E-state index contributed by atoms with van der Waals surface area (Å²) in [4.78, 5) is 29.9. The lowest BCUT2D eigenvalue weighted by Crippen LogP contribution is -2.53. The molecule has 28 heavy (non-hydrogen) atoms. The normalized spacial score (nSPS) is 18.8. The average molecular weight is 379 g/mol. The third-order valence-corrected chi connectivity index (χ3v) is 5.63. The van der Waals surface area contributed by atoms with Crippen LogP contribution in [0.15, 0.2) is 42.5 Å². The lowest BCUT2D eigenvalue weighted by atomic mass is 10.0. The van der Waals surface area contributed by atoms with E-state index >= 15 is 0 Å². The first-order chi connectivity index (χ1) is 13.6. The second-order valence-corrected chi connectivity index (χ2v) is 7.36. The van der Waals surface area contributed by atoms with E-state index < -0.39 is 0 Å². The molecular weight excluding hydrogens is 354 g/mol. The van der Waals surface area contributed by atoms with Gasteiger partial charge in [-0.05, 0) is 49.6 Å². The third kappa shape index (κ3) is 3.30. The minimum Gasteiger partial charge on any atom is -0.497 e. The Hall–Kier alpha value is -3.02. The van der Waals surface area contributed by atoms with E-state index in [1.807, 2.05) is 36.2 Å². The Balaban J connectivity index is 1.61. The number of ether oxygens (including phenoxy) is 1. The van der Waals surface area contributed by atoms with Crippen LogP contribution >= 0.6 is 0 Å². The molecule has 4 rings (SSSR count). The molecule has 0 radical (unpaired) electrons. The quantitative estimate of drug-likeness (QED) is 0.883. The smallest absolute Gasteiger partial charge is 0.257 e. The topological polar surface area (TPSA) is 61.9 Å². The molecule has 1 atom stereocenters. The second kappa shape index (κ2) is 7.54. The van der Waals surface area contributed by atoms with Crippen molar-refractivity contribution < 1.29 is 14.3 Å². The molecule has 0 spiro atoms. The molecular formula is C22H25N3O3. The van der Waals surface area contributed by atoms with Crippen molar-refractivity contribution in [1.29, 1.82) is 0 Å². The van der Waals surface area contributed by atoms with Gasteiger partial charge >= 0.3 is 0 Å². The van der Waals surface area contributed by atoms with E-state index in [0.717, 1.165) is 37.9 Å². The number of anilines is 2. The van der Waals surface area contributed by atoms with Crippen molar-refractivity contribution in [2.75, 3.05) is 30.9 Å². The maximum atomic E-state index is 13.0. The Morgan fingerprint density at radius 3 is 2.82 bits per heavy atom. The summed E-state index contributed by atoms with van der Waals surface area (Å²) in [7, 11) is 3.60. The fraction of sp³-hybridized carbons (Fsp3) is 0.364. The predicted octanol–water partition coefficient (Wildman–Crippen LogP) is 3.74. The van der Waals surface area contributed by atoms with Gasteiger partial charge in [0.2, 0.25) is 0 Å². The molecule has 0 aliphatic carbocycles. The first-order valence-electron chi connectivity index (χ1n) is 9.72. The molecule has 2 amide bonds. The summed E-state index contributed by atoms with van der Waals surface area (Å²) in [5.41, 5.74) is 2.69. The summed E-state index contributed by atoms with van der Waals surface area (Å²) >= 11 is 0. The van der Waals surface area contributed by atoms with Crippen molar-refractivity contribution in [3.05, 3.63) is 53.6 Å². The lowest BCUT2D eigenvalue weighted by molar-refractivity contribution is 0.0661. The van der Waals surface area contributed by atoms with Gasteiger partial charge in [-0.1, -0.05) is 12.5 Å². The van der Waals surface area contributed by atoms with Crippen molar-refractivity contribution >= 4 is 23.2 Å². The number of carbonyl (C=O) groups excluding carboxylic acids is 2. The summed E-state index contributed by atoms with van der Waals surface area (Å²) in [5, 5.41) is 2.90. The van der Waals surface area contributed by atoms with E-state index in [1.165, 1.54) is 0 Å². The van der Waals surface area contributed by atoms with Crippen LogP contribution in [-0.4, -0.2) is 43.6 Å². The molecule has 0 saturated carbocycles. The number of nitrogens with zero attached hydrogens (tertiary/aromatic N) is 2. The molecule has 2 aliphatic heterocycles. The molecule has 0 unspecified atom stereocenters. The number of benzene rings is 2. The summed E-state index contributed by atoms with van der Waals surface area (Å²) in [6, 6.07) is 12.6. The molecule has 1 N–H and O–H groups in total. The fourth-order valence-corrected chi connectivity index (χ4v) is 4.10. The number of fused-ring (bicyclic) bond motifs is 2. The van der Waals surface area contributed by atoms with E-state index in [1.54, 1.807) is 25.3 Å². The molecule has 0 bridgehead atoms. The van der Waals surface area contributed by atoms with Crippen molar-refractivity contribution in [3.63, 3.8) is 0 Å². The molecule has 2 aromatic rings. The van der Waals surface area contributed by atoms with Crippen LogP contribution in [0.5, 0.6) is 5.75 Å². The zero-order valence-electron chi connectivity index (χ0n) is 16.3. The monoisotopic (exact) mass is 379 g/mol. The SMILES string of the molecule is COc1cccc(NC(=O)c2ccc3c(c2)N(C)[C@H]2CCCCCN2C3=O)c1. The molecule has 1 saturated heterocycles. The van der Waals surface area contributed by atoms with Gasteiger partial charge in [0.15, 0.2) is 0 Å². The summed E-state index contributed by atoms with van der Waals surface area (Å²) in [5.74, 6) is 0.543. The van der Waals surface area contributed by atoms with Gasteiger partial charge in [-0.3, -0.25) is 9.59 Å². The van der Waals surface area contributed by atoms with Crippen molar-refractivity contribution in [1.82, 2.24) is 4.90 Å². The largest absolute Gasteiger partial charge is 0.497 e. The molecule has 1 fully saturated rings. The van der Waals surface area contributed by atoms with E-state index in [-0.39, 0.29) is 18.0 Å². The van der Waals surface area contributed by atoms with Crippen molar-refractivity contribution in [2.24, 2.45) is 0 Å². The summed E-state index contributed by atoms with van der Waals surface area (Å²) < 4.78 is 5.20. The highest BCUT2D eigenvalue weighted by molar-refractivity contribution is 6.08. The lowest BCUT2D eigenvalue weighted by Gasteiger charge is -2.43. The van der Waals surface area contributed by atoms with Crippen LogP contribution in [0, 0.1) is 0 Å².